The van der Waals surface area contributed by atoms with Gasteiger partial charge in [0.15, 0.2) is 0 Å². The molecule has 2 saturated carbocycles. The summed E-state index contributed by atoms with van der Waals surface area (Å²) >= 11 is 0. The molecule has 0 bridgehead atoms. The van der Waals surface area contributed by atoms with E-state index in [2.05, 4.69) is 9.80 Å². The average Bonchev–Trinajstić information content (AvgIpc) is 2.88. The predicted molar refractivity (Wildman–Crippen MR) is 127 cm³/mol. The number of piperidine rings is 2. The summed E-state index contributed by atoms with van der Waals surface area (Å²) < 4.78 is 23.0. The van der Waals surface area contributed by atoms with Crippen LogP contribution in [0.25, 0.3) is 0 Å². The summed E-state index contributed by atoms with van der Waals surface area (Å²) in [4.78, 5) is 5.48. The van der Waals surface area contributed by atoms with Gasteiger partial charge in [-0.15, -0.1) is 0 Å². The largest absolute Gasteiger partial charge is 0.381 e. The third kappa shape index (κ3) is 5.69. The number of likely N-dealkylation sites (tertiary alicyclic amines) is 2. The van der Waals surface area contributed by atoms with Crippen molar-refractivity contribution in [2.24, 2.45) is 11.8 Å². The highest BCUT2D eigenvalue weighted by Crippen LogP contribution is 2.37. The highest BCUT2D eigenvalue weighted by Gasteiger charge is 2.39. The Labute approximate surface area is 196 Å². The second kappa shape index (κ2) is 11.9. The number of hydrogen-bond donors (Lipinski definition) is 0. The van der Waals surface area contributed by atoms with Crippen molar-refractivity contribution < 1.29 is 18.9 Å². The van der Waals surface area contributed by atoms with Gasteiger partial charge in [0.2, 0.25) is 0 Å². The van der Waals surface area contributed by atoms with Gasteiger partial charge in [0.05, 0.1) is 24.4 Å². The van der Waals surface area contributed by atoms with Gasteiger partial charge < -0.3 is 18.9 Å². The Morgan fingerprint density at radius 3 is 1.16 bits per heavy atom. The fourth-order valence-corrected chi connectivity index (χ4v) is 7.37. The van der Waals surface area contributed by atoms with E-state index in [9.17, 15) is 0 Å². The van der Waals surface area contributed by atoms with E-state index in [1.807, 2.05) is 28.4 Å². The van der Waals surface area contributed by atoms with Crippen LogP contribution >= 0.6 is 0 Å². The Bertz CT molecular complexity index is 500. The van der Waals surface area contributed by atoms with E-state index < -0.39 is 0 Å². The molecule has 0 radical (unpaired) electrons. The first-order valence-corrected chi connectivity index (χ1v) is 13.3. The maximum absolute atomic E-state index is 5.89. The molecule has 0 aromatic carbocycles. The lowest BCUT2D eigenvalue weighted by molar-refractivity contribution is -0.0747. The predicted octanol–water partition coefficient (Wildman–Crippen LogP) is 3.58. The maximum atomic E-state index is 5.89. The van der Waals surface area contributed by atoms with Gasteiger partial charge in [0.25, 0.3) is 0 Å². The Balaban J connectivity index is 1.22. The number of rotatable bonds is 7. The van der Waals surface area contributed by atoms with E-state index >= 15 is 0 Å². The van der Waals surface area contributed by atoms with Crippen LogP contribution in [0.1, 0.15) is 64.2 Å². The van der Waals surface area contributed by atoms with Gasteiger partial charge in [-0.05, 0) is 89.4 Å². The Kier molecular flexibility index (Phi) is 9.28. The van der Waals surface area contributed by atoms with Crippen molar-refractivity contribution in [1.82, 2.24) is 9.80 Å². The molecule has 186 valence electrons. The third-order valence-electron chi connectivity index (χ3n) is 9.44. The topological polar surface area (TPSA) is 43.4 Å². The molecule has 2 heterocycles. The molecule has 6 nitrogen and oxygen atoms in total. The summed E-state index contributed by atoms with van der Waals surface area (Å²) in [5.41, 5.74) is 0. The van der Waals surface area contributed by atoms with E-state index in [-0.39, 0.29) is 0 Å². The minimum Gasteiger partial charge on any atom is -0.381 e. The molecule has 32 heavy (non-hydrogen) atoms. The first-order chi connectivity index (χ1) is 15.7. The second-order valence-corrected chi connectivity index (χ2v) is 10.8. The van der Waals surface area contributed by atoms with Crippen molar-refractivity contribution in [1.29, 1.82) is 0 Å². The molecular weight excluding hydrogens is 404 g/mol. The fraction of sp³-hybridized carbons (Fsp3) is 1.00. The molecule has 0 spiro atoms. The molecule has 0 aromatic heterocycles. The summed E-state index contributed by atoms with van der Waals surface area (Å²) in [6.07, 6.45) is 13.7. The highest BCUT2D eigenvalue weighted by atomic mass is 16.5. The lowest BCUT2D eigenvalue weighted by Crippen LogP contribution is -2.53. The van der Waals surface area contributed by atoms with Crippen LogP contribution in [0.3, 0.4) is 0 Å². The van der Waals surface area contributed by atoms with Gasteiger partial charge in [-0.3, -0.25) is 9.80 Å². The molecule has 2 aliphatic carbocycles. The molecule has 0 N–H and O–H groups in total. The van der Waals surface area contributed by atoms with Crippen molar-refractivity contribution in [2.45, 2.75) is 101 Å². The molecule has 0 amide bonds. The Hall–Kier alpha value is -0.240. The molecule has 4 fully saturated rings. The van der Waals surface area contributed by atoms with Crippen LogP contribution in [0.5, 0.6) is 0 Å². The standard InChI is InChI=1S/C26H48N2O4/c1-29-21-5-7-23(25(17-21)31-3)27-13-9-19(10-14-27)20-11-15-28(16-12-20)24-8-6-22(30-2)18-26(24)32-4/h19-26H,5-18H2,1-4H3. The first-order valence-electron chi connectivity index (χ1n) is 13.3. The quantitative estimate of drug-likeness (QED) is 0.588. The summed E-state index contributed by atoms with van der Waals surface area (Å²) in [5, 5.41) is 0. The number of methoxy groups -OCH3 is 4. The molecular formula is C26H48N2O4. The third-order valence-corrected chi connectivity index (χ3v) is 9.44. The van der Waals surface area contributed by atoms with Crippen LogP contribution in [-0.2, 0) is 18.9 Å². The smallest absolute Gasteiger partial charge is 0.0751 e. The van der Waals surface area contributed by atoms with E-state index in [0.717, 1.165) is 24.7 Å². The zero-order chi connectivity index (χ0) is 22.5. The molecule has 6 unspecified atom stereocenters. The Morgan fingerprint density at radius 2 is 0.844 bits per heavy atom. The van der Waals surface area contributed by atoms with E-state index in [1.54, 1.807) is 0 Å². The summed E-state index contributed by atoms with van der Waals surface area (Å²) in [6.45, 7) is 5.00. The fourth-order valence-electron chi connectivity index (χ4n) is 7.37. The molecule has 6 atom stereocenters. The van der Waals surface area contributed by atoms with Crippen LogP contribution in [0.2, 0.25) is 0 Å². The molecule has 0 aromatic rings. The number of hydrogen-bond acceptors (Lipinski definition) is 6. The van der Waals surface area contributed by atoms with E-state index in [4.69, 9.17) is 18.9 Å². The highest BCUT2D eigenvalue weighted by molar-refractivity contribution is 4.93. The van der Waals surface area contributed by atoms with Gasteiger partial charge in [-0.25, -0.2) is 0 Å². The maximum Gasteiger partial charge on any atom is 0.0751 e. The summed E-state index contributed by atoms with van der Waals surface area (Å²) in [6, 6.07) is 1.17. The zero-order valence-electron chi connectivity index (χ0n) is 21.0. The van der Waals surface area contributed by atoms with Gasteiger partial charge in [0, 0.05) is 53.4 Å². The molecule has 2 saturated heterocycles. The van der Waals surface area contributed by atoms with E-state index in [1.165, 1.54) is 77.5 Å². The Morgan fingerprint density at radius 1 is 0.469 bits per heavy atom. The van der Waals surface area contributed by atoms with Crippen LogP contribution in [0.15, 0.2) is 0 Å². The minimum absolute atomic E-state index is 0.329. The van der Waals surface area contributed by atoms with Gasteiger partial charge >= 0.3 is 0 Å². The van der Waals surface area contributed by atoms with Crippen LogP contribution < -0.4 is 0 Å². The van der Waals surface area contributed by atoms with Crippen LogP contribution in [0, 0.1) is 11.8 Å². The van der Waals surface area contributed by atoms with Gasteiger partial charge in [-0.2, -0.15) is 0 Å². The van der Waals surface area contributed by atoms with Crippen molar-refractivity contribution in [3.63, 3.8) is 0 Å². The molecule has 4 rings (SSSR count). The minimum atomic E-state index is 0.329. The van der Waals surface area contributed by atoms with Crippen molar-refractivity contribution in [2.75, 3.05) is 54.6 Å². The van der Waals surface area contributed by atoms with Gasteiger partial charge in [0.1, 0.15) is 0 Å². The van der Waals surface area contributed by atoms with E-state index in [0.29, 0.717) is 36.5 Å². The lowest BCUT2D eigenvalue weighted by atomic mass is 9.77. The lowest BCUT2D eigenvalue weighted by Gasteiger charge is -2.47. The normalized spacial score (nSPS) is 39.4. The number of nitrogens with zero attached hydrogens (tertiary/aromatic N) is 2. The monoisotopic (exact) mass is 452 g/mol. The summed E-state index contributed by atoms with van der Waals surface area (Å²) in [7, 11) is 7.45. The first kappa shape index (κ1) is 24.9. The van der Waals surface area contributed by atoms with Gasteiger partial charge in [-0.1, -0.05) is 0 Å². The van der Waals surface area contributed by atoms with Crippen LogP contribution in [0.4, 0.5) is 0 Å². The van der Waals surface area contributed by atoms with Crippen molar-refractivity contribution >= 4 is 0 Å². The second-order valence-electron chi connectivity index (χ2n) is 10.8. The zero-order valence-corrected chi connectivity index (χ0v) is 21.0. The average molecular weight is 453 g/mol. The SMILES string of the molecule is COC1CCC(N2CCC(C3CCN(C4CCC(OC)CC4OC)CC3)CC2)C(OC)C1. The molecule has 6 heteroatoms. The van der Waals surface area contributed by atoms with Crippen molar-refractivity contribution in [3.8, 4) is 0 Å². The van der Waals surface area contributed by atoms with Crippen LogP contribution in [-0.4, -0.2) is 101 Å². The molecule has 4 aliphatic rings. The molecule has 2 aliphatic heterocycles. The number of ether oxygens (including phenoxy) is 4. The summed E-state index contributed by atoms with van der Waals surface area (Å²) in [5.74, 6) is 1.82. The van der Waals surface area contributed by atoms with Crippen molar-refractivity contribution in [3.05, 3.63) is 0 Å².